The molecule has 1 spiro atoms. The molecule has 5 nitrogen and oxygen atoms in total. The molecule has 24 heavy (non-hydrogen) atoms. The summed E-state index contributed by atoms with van der Waals surface area (Å²) in [6, 6.07) is 5.13. The van der Waals surface area contributed by atoms with E-state index in [0.29, 0.717) is 29.5 Å². The Bertz CT molecular complexity index is 604. The van der Waals surface area contributed by atoms with Crippen molar-refractivity contribution < 1.29 is 9.15 Å². The molecule has 1 aromatic heterocycles. The molecule has 5 rings (SSSR count). The van der Waals surface area contributed by atoms with Gasteiger partial charge in [-0.3, -0.25) is 4.99 Å². The zero-order chi connectivity index (χ0) is 16.0. The predicted molar refractivity (Wildman–Crippen MR) is 91.9 cm³/mol. The van der Waals surface area contributed by atoms with Crippen LogP contribution in [0.25, 0.3) is 0 Å². The number of nitrogens with zero attached hydrogens (tertiary/aromatic N) is 1. The van der Waals surface area contributed by atoms with Crippen LogP contribution in [-0.2, 0) is 11.2 Å². The molecule has 3 aliphatic carbocycles. The maximum atomic E-state index is 6.03. The average molecular weight is 329 g/mol. The quantitative estimate of drug-likeness (QED) is 0.644. The molecule has 1 saturated heterocycles. The second-order valence-corrected chi connectivity index (χ2v) is 7.93. The van der Waals surface area contributed by atoms with Crippen LogP contribution in [0, 0.1) is 11.3 Å². The van der Waals surface area contributed by atoms with Crippen molar-refractivity contribution in [1.82, 2.24) is 10.6 Å². The van der Waals surface area contributed by atoms with Crippen LogP contribution in [0.5, 0.6) is 0 Å². The van der Waals surface area contributed by atoms with Gasteiger partial charge in [-0.15, -0.1) is 0 Å². The third-order valence-electron chi connectivity index (χ3n) is 6.45. The molecule has 3 saturated carbocycles. The highest BCUT2D eigenvalue weighted by atomic mass is 16.5. The monoisotopic (exact) mass is 329 g/mol. The number of fused-ring (bicyclic) bond motifs is 2. The van der Waals surface area contributed by atoms with E-state index in [-0.39, 0.29) is 0 Å². The van der Waals surface area contributed by atoms with Gasteiger partial charge in [-0.2, -0.15) is 0 Å². The van der Waals surface area contributed by atoms with Crippen LogP contribution >= 0.6 is 0 Å². The fourth-order valence-corrected chi connectivity index (χ4v) is 4.89. The summed E-state index contributed by atoms with van der Waals surface area (Å²) in [7, 11) is 0. The fourth-order valence-electron chi connectivity index (χ4n) is 4.89. The molecule has 5 heteroatoms. The average Bonchev–Trinajstić information content (AvgIpc) is 3.02. The van der Waals surface area contributed by atoms with Crippen molar-refractivity contribution in [1.29, 1.82) is 0 Å². The van der Waals surface area contributed by atoms with Gasteiger partial charge in [-0.25, -0.2) is 0 Å². The first kappa shape index (κ1) is 14.8. The topological polar surface area (TPSA) is 58.8 Å². The highest BCUT2D eigenvalue weighted by Gasteiger charge is 2.66. The van der Waals surface area contributed by atoms with Crippen molar-refractivity contribution in [2.75, 3.05) is 13.2 Å². The lowest BCUT2D eigenvalue weighted by atomic mass is 9.46. The van der Waals surface area contributed by atoms with Gasteiger partial charge in [0.25, 0.3) is 0 Å². The van der Waals surface area contributed by atoms with Crippen molar-refractivity contribution in [2.24, 2.45) is 16.3 Å². The van der Waals surface area contributed by atoms with E-state index < -0.39 is 0 Å². The molecule has 0 radical (unpaired) electrons. The van der Waals surface area contributed by atoms with E-state index in [1.54, 1.807) is 6.26 Å². The predicted octanol–water partition coefficient (Wildman–Crippen LogP) is 2.48. The van der Waals surface area contributed by atoms with E-state index in [9.17, 15) is 0 Å². The Morgan fingerprint density at radius 1 is 1.25 bits per heavy atom. The molecule has 0 aromatic carbocycles. The zero-order valence-corrected chi connectivity index (χ0v) is 14.2. The summed E-state index contributed by atoms with van der Waals surface area (Å²) in [5.41, 5.74) is 0.397. The van der Waals surface area contributed by atoms with Gasteiger partial charge in [0, 0.05) is 43.0 Å². The lowest BCUT2D eigenvalue weighted by molar-refractivity contribution is -0.171. The Morgan fingerprint density at radius 3 is 2.88 bits per heavy atom. The Kier molecular flexibility index (Phi) is 3.58. The summed E-state index contributed by atoms with van der Waals surface area (Å²) in [4.78, 5) is 4.83. The smallest absolute Gasteiger partial charge is 0.191 e. The Balaban J connectivity index is 1.26. The first-order valence-corrected chi connectivity index (χ1v) is 9.57. The van der Waals surface area contributed by atoms with E-state index in [1.807, 2.05) is 12.1 Å². The van der Waals surface area contributed by atoms with Crippen molar-refractivity contribution >= 4 is 5.96 Å². The summed E-state index contributed by atoms with van der Waals surface area (Å²) in [5, 5.41) is 7.40. The molecule has 3 atom stereocenters. The minimum atomic E-state index is 0.397. The van der Waals surface area contributed by atoms with Crippen LogP contribution < -0.4 is 10.6 Å². The molecule has 4 fully saturated rings. The Hall–Kier alpha value is -1.49. The van der Waals surface area contributed by atoms with Crippen molar-refractivity contribution in [3.05, 3.63) is 24.2 Å². The third kappa shape index (κ3) is 2.44. The van der Waals surface area contributed by atoms with Gasteiger partial charge < -0.3 is 19.8 Å². The van der Waals surface area contributed by atoms with E-state index in [0.717, 1.165) is 31.3 Å². The van der Waals surface area contributed by atoms with Crippen molar-refractivity contribution in [2.45, 2.75) is 63.1 Å². The van der Waals surface area contributed by atoms with Crippen LogP contribution in [0.2, 0.25) is 0 Å². The molecule has 130 valence electrons. The molecular formula is C19H27N3O2. The number of nitrogens with one attached hydrogen (secondary N) is 2. The van der Waals surface area contributed by atoms with Gasteiger partial charge in [0.15, 0.2) is 5.96 Å². The van der Waals surface area contributed by atoms with Gasteiger partial charge in [0.2, 0.25) is 0 Å². The summed E-state index contributed by atoms with van der Waals surface area (Å²) >= 11 is 0. The van der Waals surface area contributed by atoms with Crippen LogP contribution in [0.1, 0.15) is 44.3 Å². The summed E-state index contributed by atoms with van der Waals surface area (Å²) in [5.74, 6) is 2.69. The van der Waals surface area contributed by atoms with Gasteiger partial charge in [0.1, 0.15) is 5.76 Å². The molecule has 4 aliphatic rings. The third-order valence-corrected chi connectivity index (χ3v) is 6.45. The van der Waals surface area contributed by atoms with Crippen LogP contribution in [0.4, 0.5) is 0 Å². The normalized spacial score (nSPS) is 33.7. The van der Waals surface area contributed by atoms with Gasteiger partial charge >= 0.3 is 0 Å². The standard InChI is InChI=1S/C19H27N3O2/c1-3-14(23-11-1)6-10-20-18(21-13-4-5-13)22-16-15-7-12-24-17(15)19(16)8-2-9-19/h1,3,11,13,15-17H,2,4-10,12H2,(H2,20,21,22). The van der Waals surface area contributed by atoms with Gasteiger partial charge in [0.05, 0.1) is 12.4 Å². The van der Waals surface area contributed by atoms with Crippen LogP contribution in [-0.4, -0.2) is 37.3 Å². The lowest BCUT2D eigenvalue weighted by Gasteiger charge is -2.63. The summed E-state index contributed by atoms with van der Waals surface area (Å²) in [6.45, 7) is 1.70. The number of furan rings is 1. The number of aliphatic imine (C=N–C) groups is 1. The number of hydrogen-bond acceptors (Lipinski definition) is 3. The van der Waals surface area contributed by atoms with E-state index in [4.69, 9.17) is 14.1 Å². The van der Waals surface area contributed by atoms with E-state index in [2.05, 4.69) is 10.6 Å². The van der Waals surface area contributed by atoms with Crippen LogP contribution in [0.15, 0.2) is 27.8 Å². The molecule has 0 bridgehead atoms. The highest BCUT2D eigenvalue weighted by molar-refractivity contribution is 5.81. The Labute approximate surface area is 143 Å². The van der Waals surface area contributed by atoms with Crippen LogP contribution in [0.3, 0.4) is 0 Å². The molecule has 3 unspecified atom stereocenters. The maximum absolute atomic E-state index is 6.03. The summed E-state index contributed by atoms with van der Waals surface area (Å²) < 4.78 is 11.4. The largest absolute Gasteiger partial charge is 0.469 e. The lowest BCUT2D eigenvalue weighted by Crippen LogP contribution is -2.72. The molecule has 1 aromatic rings. The van der Waals surface area contributed by atoms with Gasteiger partial charge in [-0.05, 0) is 44.2 Å². The number of rotatable bonds is 5. The second-order valence-electron chi connectivity index (χ2n) is 7.93. The molecule has 2 N–H and O–H groups in total. The number of ether oxygens (including phenoxy) is 1. The number of guanidine groups is 1. The Morgan fingerprint density at radius 2 is 2.17 bits per heavy atom. The molecular weight excluding hydrogens is 302 g/mol. The number of hydrogen-bond donors (Lipinski definition) is 2. The highest BCUT2D eigenvalue weighted by Crippen LogP contribution is 2.62. The summed E-state index contributed by atoms with van der Waals surface area (Å²) in [6.07, 6.45) is 10.8. The molecule has 1 aliphatic heterocycles. The minimum absolute atomic E-state index is 0.397. The first-order chi connectivity index (χ1) is 11.9. The fraction of sp³-hybridized carbons (Fsp3) is 0.737. The SMILES string of the molecule is c1coc(CCN=C(NC2CC2)NC2C3CCOC3C23CCC3)c1. The minimum Gasteiger partial charge on any atom is -0.469 e. The first-order valence-electron chi connectivity index (χ1n) is 9.57. The van der Waals surface area contributed by atoms with Gasteiger partial charge in [-0.1, -0.05) is 6.42 Å². The van der Waals surface area contributed by atoms with Crippen molar-refractivity contribution in [3.8, 4) is 0 Å². The van der Waals surface area contributed by atoms with Crippen molar-refractivity contribution in [3.63, 3.8) is 0 Å². The second kappa shape index (κ2) is 5.80. The zero-order valence-electron chi connectivity index (χ0n) is 14.2. The molecule has 0 amide bonds. The van der Waals surface area contributed by atoms with E-state index >= 15 is 0 Å². The molecule has 2 heterocycles. The maximum Gasteiger partial charge on any atom is 0.191 e. The van der Waals surface area contributed by atoms with E-state index in [1.165, 1.54) is 38.5 Å².